The van der Waals surface area contributed by atoms with Crippen molar-refractivity contribution in [3.63, 3.8) is 0 Å². The largest absolute Gasteiger partial charge is 0.468 e. The van der Waals surface area contributed by atoms with Crippen molar-refractivity contribution in [2.24, 2.45) is 0 Å². The molecule has 0 aromatic carbocycles. The number of carbonyl (C=O) groups is 1. The van der Waals surface area contributed by atoms with Gasteiger partial charge >= 0.3 is 0 Å². The minimum absolute atomic E-state index is 0.0921. The van der Waals surface area contributed by atoms with Gasteiger partial charge in [-0.1, -0.05) is 6.92 Å². The Morgan fingerprint density at radius 3 is 2.50 bits per heavy atom. The summed E-state index contributed by atoms with van der Waals surface area (Å²) in [4.78, 5) is 14.0. The lowest BCUT2D eigenvalue weighted by molar-refractivity contribution is -0.132. The standard InChI is InChI=1S/C14H24N2O2/c1-5-12(13-9-8-10-18-13)15-11(4)14(17)16(6-2)7-3/h8-12,15H,5-7H2,1-4H3. The van der Waals surface area contributed by atoms with E-state index in [0.717, 1.165) is 25.3 Å². The summed E-state index contributed by atoms with van der Waals surface area (Å²) in [6.45, 7) is 9.48. The zero-order valence-electron chi connectivity index (χ0n) is 11.8. The highest BCUT2D eigenvalue weighted by Gasteiger charge is 2.22. The van der Waals surface area contributed by atoms with Crippen LogP contribution in [0.2, 0.25) is 0 Å². The molecule has 0 fully saturated rings. The van der Waals surface area contributed by atoms with E-state index >= 15 is 0 Å². The first kappa shape index (κ1) is 14.8. The highest BCUT2D eigenvalue weighted by atomic mass is 16.3. The molecule has 0 saturated heterocycles. The zero-order valence-corrected chi connectivity index (χ0v) is 11.8. The predicted molar refractivity (Wildman–Crippen MR) is 72.3 cm³/mol. The molecule has 102 valence electrons. The Kier molecular flexibility index (Phi) is 5.92. The first-order chi connectivity index (χ1) is 8.63. The van der Waals surface area contributed by atoms with Crippen molar-refractivity contribution in [1.29, 1.82) is 0 Å². The molecule has 0 spiro atoms. The molecule has 2 atom stereocenters. The molecule has 2 unspecified atom stereocenters. The molecule has 0 aliphatic carbocycles. The number of furan rings is 1. The van der Waals surface area contributed by atoms with Gasteiger partial charge in [0, 0.05) is 13.1 Å². The molecule has 4 nitrogen and oxygen atoms in total. The van der Waals surface area contributed by atoms with Crippen LogP contribution in [0.3, 0.4) is 0 Å². The van der Waals surface area contributed by atoms with Crippen LogP contribution >= 0.6 is 0 Å². The fraction of sp³-hybridized carbons (Fsp3) is 0.643. The Morgan fingerprint density at radius 1 is 1.39 bits per heavy atom. The van der Waals surface area contributed by atoms with Crippen LogP contribution in [0.25, 0.3) is 0 Å². The van der Waals surface area contributed by atoms with Gasteiger partial charge in [-0.15, -0.1) is 0 Å². The predicted octanol–water partition coefficient (Wildman–Crippen LogP) is 2.58. The van der Waals surface area contributed by atoms with E-state index in [0.29, 0.717) is 0 Å². The molecule has 0 aliphatic heterocycles. The topological polar surface area (TPSA) is 45.5 Å². The molecule has 18 heavy (non-hydrogen) atoms. The maximum Gasteiger partial charge on any atom is 0.239 e. The van der Waals surface area contributed by atoms with E-state index < -0.39 is 0 Å². The van der Waals surface area contributed by atoms with Gasteiger partial charge in [0.25, 0.3) is 0 Å². The second-order valence-corrected chi connectivity index (χ2v) is 4.38. The third kappa shape index (κ3) is 3.60. The average molecular weight is 252 g/mol. The average Bonchev–Trinajstić information content (AvgIpc) is 2.90. The first-order valence-electron chi connectivity index (χ1n) is 6.72. The summed E-state index contributed by atoms with van der Waals surface area (Å²) >= 11 is 0. The van der Waals surface area contributed by atoms with Gasteiger partial charge in [0.15, 0.2) is 0 Å². The lowest BCUT2D eigenvalue weighted by Crippen LogP contribution is -2.45. The van der Waals surface area contributed by atoms with Gasteiger partial charge in [-0.25, -0.2) is 0 Å². The second-order valence-electron chi connectivity index (χ2n) is 4.38. The number of hydrogen-bond donors (Lipinski definition) is 1. The molecular formula is C14H24N2O2. The van der Waals surface area contributed by atoms with Gasteiger partial charge in [0.1, 0.15) is 5.76 Å². The van der Waals surface area contributed by atoms with Crippen LogP contribution in [-0.2, 0) is 4.79 Å². The summed E-state index contributed by atoms with van der Waals surface area (Å²) in [5.74, 6) is 1.03. The minimum atomic E-state index is -0.194. The second kappa shape index (κ2) is 7.21. The van der Waals surface area contributed by atoms with Gasteiger partial charge in [0.2, 0.25) is 5.91 Å². The summed E-state index contributed by atoms with van der Waals surface area (Å²) in [6.07, 6.45) is 2.56. The smallest absolute Gasteiger partial charge is 0.239 e. The lowest BCUT2D eigenvalue weighted by atomic mass is 10.1. The van der Waals surface area contributed by atoms with Crippen molar-refractivity contribution >= 4 is 5.91 Å². The van der Waals surface area contributed by atoms with Gasteiger partial charge < -0.3 is 9.32 Å². The molecule has 1 amide bonds. The number of hydrogen-bond acceptors (Lipinski definition) is 3. The fourth-order valence-corrected chi connectivity index (χ4v) is 2.07. The van der Waals surface area contributed by atoms with E-state index in [4.69, 9.17) is 4.42 Å². The number of nitrogens with one attached hydrogen (secondary N) is 1. The number of likely N-dealkylation sites (N-methyl/N-ethyl adjacent to an activating group) is 1. The number of nitrogens with zero attached hydrogens (tertiary/aromatic N) is 1. The van der Waals surface area contributed by atoms with Crippen molar-refractivity contribution in [2.75, 3.05) is 13.1 Å². The van der Waals surface area contributed by atoms with Crippen molar-refractivity contribution in [3.05, 3.63) is 24.2 Å². The molecule has 0 saturated carbocycles. The Morgan fingerprint density at radius 2 is 2.06 bits per heavy atom. The van der Waals surface area contributed by atoms with Crippen molar-refractivity contribution in [3.8, 4) is 0 Å². The maximum absolute atomic E-state index is 12.2. The van der Waals surface area contributed by atoms with Crippen LogP contribution in [0.5, 0.6) is 0 Å². The van der Waals surface area contributed by atoms with Crippen molar-refractivity contribution < 1.29 is 9.21 Å². The van der Waals surface area contributed by atoms with Gasteiger partial charge in [0.05, 0.1) is 18.3 Å². The fourth-order valence-electron chi connectivity index (χ4n) is 2.07. The van der Waals surface area contributed by atoms with E-state index in [1.165, 1.54) is 0 Å². The summed E-state index contributed by atoms with van der Waals surface area (Å²) < 4.78 is 5.39. The van der Waals surface area contributed by atoms with Crippen molar-refractivity contribution in [1.82, 2.24) is 10.2 Å². The van der Waals surface area contributed by atoms with Gasteiger partial charge in [-0.05, 0) is 39.3 Å². The van der Waals surface area contributed by atoms with Gasteiger partial charge in [-0.2, -0.15) is 0 Å². The SMILES string of the molecule is CCC(NC(C)C(=O)N(CC)CC)c1ccco1. The van der Waals surface area contributed by atoms with Crippen molar-refractivity contribution in [2.45, 2.75) is 46.2 Å². The quantitative estimate of drug-likeness (QED) is 0.811. The summed E-state index contributed by atoms with van der Waals surface area (Å²) in [5, 5.41) is 3.33. The third-order valence-electron chi connectivity index (χ3n) is 3.19. The molecule has 0 radical (unpaired) electrons. The van der Waals surface area contributed by atoms with Crippen LogP contribution in [-0.4, -0.2) is 29.9 Å². The molecule has 1 aromatic heterocycles. The monoisotopic (exact) mass is 252 g/mol. The first-order valence-corrected chi connectivity index (χ1v) is 6.72. The Bertz CT molecular complexity index is 345. The van der Waals surface area contributed by atoms with E-state index in [-0.39, 0.29) is 18.0 Å². The molecule has 1 aromatic rings. The zero-order chi connectivity index (χ0) is 13.5. The number of amides is 1. The summed E-state index contributed by atoms with van der Waals surface area (Å²) in [7, 11) is 0. The molecule has 4 heteroatoms. The minimum Gasteiger partial charge on any atom is -0.468 e. The molecule has 0 aliphatic rings. The Labute approximate surface area is 109 Å². The summed E-state index contributed by atoms with van der Waals surface area (Å²) in [6, 6.07) is 3.71. The maximum atomic E-state index is 12.2. The van der Waals surface area contributed by atoms with Crippen LogP contribution in [0.1, 0.15) is 45.9 Å². The van der Waals surface area contributed by atoms with E-state index in [1.807, 2.05) is 37.8 Å². The molecule has 1 rings (SSSR count). The van der Waals surface area contributed by atoms with E-state index in [1.54, 1.807) is 6.26 Å². The number of rotatable bonds is 7. The molecular weight excluding hydrogens is 228 g/mol. The van der Waals surface area contributed by atoms with Gasteiger partial charge in [-0.3, -0.25) is 10.1 Å². The molecule has 0 bridgehead atoms. The normalized spacial score (nSPS) is 14.2. The van der Waals surface area contributed by atoms with Crippen LogP contribution in [0, 0.1) is 0 Å². The Hall–Kier alpha value is -1.29. The van der Waals surface area contributed by atoms with Crippen LogP contribution < -0.4 is 5.32 Å². The third-order valence-corrected chi connectivity index (χ3v) is 3.19. The highest BCUT2D eigenvalue weighted by molar-refractivity contribution is 5.81. The lowest BCUT2D eigenvalue weighted by Gasteiger charge is -2.26. The molecule has 1 N–H and O–H groups in total. The van der Waals surface area contributed by atoms with E-state index in [9.17, 15) is 4.79 Å². The highest BCUT2D eigenvalue weighted by Crippen LogP contribution is 2.17. The van der Waals surface area contributed by atoms with E-state index in [2.05, 4.69) is 12.2 Å². The van der Waals surface area contributed by atoms with Crippen LogP contribution in [0.15, 0.2) is 22.8 Å². The Balaban J connectivity index is 2.62. The molecule has 1 heterocycles. The summed E-state index contributed by atoms with van der Waals surface area (Å²) in [5.41, 5.74) is 0. The number of carbonyl (C=O) groups excluding carboxylic acids is 1. The van der Waals surface area contributed by atoms with Crippen LogP contribution in [0.4, 0.5) is 0 Å².